The number of benzene rings is 1. The SMILES string of the molecule is Cc1ccc(NC(=O)CSC(C)C(=O)n2ccccc2=NC2CCCCC2)cc1. The summed E-state index contributed by atoms with van der Waals surface area (Å²) in [6.45, 7) is 3.85. The lowest BCUT2D eigenvalue weighted by Gasteiger charge is -2.18. The fourth-order valence-corrected chi connectivity index (χ4v) is 4.15. The zero-order chi connectivity index (χ0) is 20.6. The van der Waals surface area contributed by atoms with Gasteiger partial charge in [-0.05, 0) is 51.0 Å². The molecule has 1 atom stereocenters. The third-order valence-electron chi connectivity index (χ3n) is 5.11. The summed E-state index contributed by atoms with van der Waals surface area (Å²) in [4.78, 5) is 30.0. The number of hydrogen-bond donors (Lipinski definition) is 1. The number of pyridine rings is 1. The molecule has 0 aliphatic heterocycles. The van der Waals surface area contributed by atoms with Crippen molar-refractivity contribution in [3.8, 4) is 0 Å². The van der Waals surface area contributed by atoms with E-state index in [4.69, 9.17) is 4.99 Å². The summed E-state index contributed by atoms with van der Waals surface area (Å²) in [6, 6.07) is 13.6. The van der Waals surface area contributed by atoms with Crippen LogP contribution in [0.25, 0.3) is 0 Å². The second-order valence-corrected chi connectivity index (χ2v) is 8.88. The maximum atomic E-state index is 13.0. The predicted molar refractivity (Wildman–Crippen MR) is 119 cm³/mol. The largest absolute Gasteiger partial charge is 0.325 e. The van der Waals surface area contributed by atoms with Crippen LogP contribution in [0.2, 0.25) is 0 Å². The van der Waals surface area contributed by atoms with Gasteiger partial charge in [-0.15, -0.1) is 11.8 Å². The van der Waals surface area contributed by atoms with Crippen molar-refractivity contribution in [3.05, 3.63) is 59.7 Å². The van der Waals surface area contributed by atoms with Gasteiger partial charge in [0.1, 0.15) is 5.49 Å². The molecule has 0 radical (unpaired) electrons. The van der Waals surface area contributed by atoms with E-state index in [0.29, 0.717) is 11.5 Å². The number of aryl methyl sites for hydroxylation is 1. The maximum absolute atomic E-state index is 13.0. The zero-order valence-corrected chi connectivity index (χ0v) is 18.0. The van der Waals surface area contributed by atoms with Gasteiger partial charge in [0, 0.05) is 11.9 Å². The van der Waals surface area contributed by atoms with Crippen molar-refractivity contribution in [2.75, 3.05) is 11.1 Å². The second-order valence-electron chi connectivity index (χ2n) is 7.56. The molecule has 1 unspecified atom stereocenters. The number of amides is 1. The normalized spacial score (nSPS) is 16.4. The van der Waals surface area contributed by atoms with Gasteiger partial charge in [-0.1, -0.05) is 43.0 Å². The van der Waals surface area contributed by atoms with Crippen LogP contribution in [0.1, 0.15) is 49.4 Å². The molecule has 1 heterocycles. The molecule has 1 amide bonds. The lowest BCUT2D eigenvalue weighted by atomic mass is 9.96. The molecule has 1 N–H and O–H groups in total. The smallest absolute Gasteiger partial charge is 0.245 e. The topological polar surface area (TPSA) is 63.5 Å². The van der Waals surface area contributed by atoms with Gasteiger partial charge in [-0.3, -0.25) is 19.1 Å². The Hall–Kier alpha value is -2.34. The number of rotatable bonds is 6. The molecule has 1 aromatic carbocycles. The minimum atomic E-state index is -0.341. The molecule has 1 aliphatic rings. The molecular weight excluding hydrogens is 382 g/mol. The molecule has 1 saturated carbocycles. The van der Waals surface area contributed by atoms with Crippen molar-refractivity contribution in [3.63, 3.8) is 0 Å². The van der Waals surface area contributed by atoms with E-state index in [2.05, 4.69) is 5.32 Å². The van der Waals surface area contributed by atoms with Crippen LogP contribution in [0.3, 0.4) is 0 Å². The Bertz CT molecular complexity index is 899. The molecule has 29 heavy (non-hydrogen) atoms. The predicted octanol–water partition coefficient (Wildman–Crippen LogP) is 4.43. The second kappa shape index (κ2) is 10.4. The molecular formula is C23H29N3O2S. The summed E-state index contributed by atoms with van der Waals surface area (Å²) >= 11 is 1.34. The molecule has 1 fully saturated rings. The van der Waals surface area contributed by atoms with E-state index in [0.717, 1.165) is 24.1 Å². The number of aromatic nitrogens is 1. The molecule has 154 valence electrons. The Labute approximate surface area is 176 Å². The number of nitrogens with one attached hydrogen (secondary N) is 1. The first kappa shape index (κ1) is 21.4. The number of thioether (sulfide) groups is 1. The Kier molecular flexibility index (Phi) is 7.69. The van der Waals surface area contributed by atoms with Gasteiger partial charge in [0.2, 0.25) is 11.8 Å². The number of hydrogen-bond acceptors (Lipinski definition) is 4. The average Bonchev–Trinajstić information content (AvgIpc) is 2.74. The fraction of sp³-hybridized carbons (Fsp3) is 0.435. The number of nitrogens with zero attached hydrogens (tertiary/aromatic N) is 2. The van der Waals surface area contributed by atoms with Crippen molar-refractivity contribution in [2.24, 2.45) is 4.99 Å². The monoisotopic (exact) mass is 411 g/mol. The fourth-order valence-electron chi connectivity index (χ4n) is 3.42. The van der Waals surface area contributed by atoms with Crippen LogP contribution < -0.4 is 10.8 Å². The Balaban J connectivity index is 1.60. The number of carbonyl (C=O) groups excluding carboxylic acids is 2. The van der Waals surface area contributed by atoms with Gasteiger partial charge >= 0.3 is 0 Å². The first-order chi connectivity index (χ1) is 14.0. The van der Waals surface area contributed by atoms with Crippen LogP contribution in [0.5, 0.6) is 0 Å². The summed E-state index contributed by atoms with van der Waals surface area (Å²) in [7, 11) is 0. The van der Waals surface area contributed by atoms with Gasteiger partial charge in [0.05, 0.1) is 17.0 Å². The van der Waals surface area contributed by atoms with Crippen LogP contribution in [-0.4, -0.2) is 33.4 Å². The lowest BCUT2D eigenvalue weighted by molar-refractivity contribution is -0.113. The van der Waals surface area contributed by atoms with Crippen molar-refractivity contribution in [1.82, 2.24) is 4.57 Å². The van der Waals surface area contributed by atoms with Crippen LogP contribution in [-0.2, 0) is 4.79 Å². The van der Waals surface area contributed by atoms with Gasteiger partial charge in [0.25, 0.3) is 0 Å². The van der Waals surface area contributed by atoms with Gasteiger partial charge in [-0.25, -0.2) is 0 Å². The van der Waals surface area contributed by atoms with E-state index >= 15 is 0 Å². The molecule has 2 aromatic rings. The van der Waals surface area contributed by atoms with Crippen LogP contribution in [0.4, 0.5) is 5.69 Å². The summed E-state index contributed by atoms with van der Waals surface area (Å²) in [6.07, 6.45) is 7.64. The van der Waals surface area contributed by atoms with E-state index in [1.165, 1.54) is 31.0 Å². The minimum absolute atomic E-state index is 0.0479. The Morgan fingerprint density at radius 1 is 1.14 bits per heavy atom. The Morgan fingerprint density at radius 3 is 2.59 bits per heavy atom. The summed E-state index contributed by atoms with van der Waals surface area (Å²) in [5.41, 5.74) is 2.62. The minimum Gasteiger partial charge on any atom is -0.325 e. The average molecular weight is 412 g/mol. The van der Waals surface area contributed by atoms with E-state index in [9.17, 15) is 9.59 Å². The first-order valence-corrected chi connectivity index (χ1v) is 11.3. The highest BCUT2D eigenvalue weighted by molar-refractivity contribution is 8.01. The highest BCUT2D eigenvalue weighted by Gasteiger charge is 2.18. The standard InChI is InChI=1S/C23H29N3O2S/c1-17-11-13-20(14-12-17)25-22(27)16-29-18(2)23(28)26-15-7-6-10-21(26)24-19-8-4-3-5-9-19/h6-7,10-15,18-19H,3-5,8-9,16H2,1-2H3,(H,25,27). The molecule has 1 aromatic heterocycles. The first-order valence-electron chi connectivity index (χ1n) is 10.3. The van der Waals surface area contributed by atoms with Crippen molar-refractivity contribution >= 4 is 29.3 Å². The molecule has 1 aliphatic carbocycles. The van der Waals surface area contributed by atoms with E-state index in [1.54, 1.807) is 10.8 Å². The summed E-state index contributed by atoms with van der Waals surface area (Å²) in [5, 5.41) is 2.53. The van der Waals surface area contributed by atoms with E-state index < -0.39 is 0 Å². The third-order valence-corrected chi connectivity index (χ3v) is 6.24. The zero-order valence-electron chi connectivity index (χ0n) is 17.1. The quantitative estimate of drug-likeness (QED) is 0.765. The number of carbonyl (C=O) groups is 2. The highest BCUT2D eigenvalue weighted by atomic mass is 32.2. The van der Waals surface area contributed by atoms with Crippen LogP contribution in [0, 0.1) is 6.92 Å². The maximum Gasteiger partial charge on any atom is 0.245 e. The van der Waals surface area contributed by atoms with Gasteiger partial charge < -0.3 is 5.32 Å². The van der Waals surface area contributed by atoms with Crippen molar-refractivity contribution < 1.29 is 9.59 Å². The van der Waals surface area contributed by atoms with Crippen molar-refractivity contribution in [1.29, 1.82) is 0 Å². The van der Waals surface area contributed by atoms with Gasteiger partial charge in [0.15, 0.2) is 0 Å². The Morgan fingerprint density at radius 2 is 1.86 bits per heavy atom. The summed E-state index contributed by atoms with van der Waals surface area (Å²) in [5.74, 6) is 0.0699. The molecule has 0 spiro atoms. The molecule has 6 heteroatoms. The molecule has 0 saturated heterocycles. The van der Waals surface area contributed by atoms with Gasteiger partial charge in [-0.2, -0.15) is 0 Å². The summed E-state index contributed by atoms with van der Waals surface area (Å²) < 4.78 is 1.63. The highest BCUT2D eigenvalue weighted by Crippen LogP contribution is 2.20. The van der Waals surface area contributed by atoms with Crippen LogP contribution >= 0.6 is 11.8 Å². The van der Waals surface area contributed by atoms with Crippen molar-refractivity contribution in [2.45, 2.75) is 57.2 Å². The van der Waals surface area contributed by atoms with E-state index in [-0.39, 0.29) is 22.8 Å². The third kappa shape index (κ3) is 6.32. The molecule has 3 rings (SSSR count). The van der Waals surface area contributed by atoms with E-state index in [1.807, 2.05) is 56.3 Å². The molecule has 0 bridgehead atoms. The molecule has 5 nitrogen and oxygen atoms in total. The van der Waals surface area contributed by atoms with Crippen LogP contribution in [0.15, 0.2) is 53.7 Å². The lowest BCUT2D eigenvalue weighted by Crippen LogP contribution is -2.33. The number of anilines is 1.